The Labute approximate surface area is 117 Å². The van der Waals surface area contributed by atoms with E-state index in [-0.39, 0.29) is 5.56 Å². The number of carbonyl (C=O) groups is 1. The maximum atomic E-state index is 11.3. The van der Waals surface area contributed by atoms with Crippen LogP contribution in [0.25, 0.3) is 16.6 Å². The van der Waals surface area contributed by atoms with Gasteiger partial charge in [-0.05, 0) is 31.5 Å². The zero-order valence-electron chi connectivity index (χ0n) is 11.5. The van der Waals surface area contributed by atoms with Gasteiger partial charge in [0.2, 0.25) is 0 Å². The van der Waals surface area contributed by atoms with Crippen LogP contribution >= 0.6 is 0 Å². The summed E-state index contributed by atoms with van der Waals surface area (Å²) < 4.78 is 0. The highest BCUT2D eigenvalue weighted by Gasteiger charge is 2.14. The molecule has 102 valence electrons. The number of rotatable bonds is 4. The number of aromatic amines is 1. The highest BCUT2D eigenvalue weighted by molar-refractivity contribution is 6.02. The molecule has 1 aromatic carbocycles. The third-order valence-electron chi connectivity index (χ3n) is 2.88. The minimum Gasteiger partial charge on any atom is -0.478 e. The molecule has 0 unspecified atom stereocenters. The SMILES string of the molecule is C=CC=C(C=CC)c1nc2c(C(=O)O)cc(C)cc2[nH]1. The van der Waals surface area contributed by atoms with Crippen molar-refractivity contribution in [1.29, 1.82) is 0 Å². The van der Waals surface area contributed by atoms with E-state index >= 15 is 0 Å². The average molecular weight is 268 g/mol. The molecule has 0 saturated carbocycles. The van der Waals surface area contributed by atoms with Gasteiger partial charge in [-0.2, -0.15) is 0 Å². The molecule has 0 saturated heterocycles. The van der Waals surface area contributed by atoms with E-state index in [1.54, 1.807) is 12.1 Å². The first-order valence-electron chi connectivity index (χ1n) is 6.26. The number of aromatic carboxylic acids is 1. The summed E-state index contributed by atoms with van der Waals surface area (Å²) in [6.07, 6.45) is 7.29. The van der Waals surface area contributed by atoms with E-state index in [2.05, 4.69) is 16.5 Å². The van der Waals surface area contributed by atoms with Gasteiger partial charge in [-0.3, -0.25) is 0 Å². The Kier molecular flexibility index (Phi) is 3.84. The molecule has 0 fully saturated rings. The number of nitrogens with zero attached hydrogens (tertiary/aromatic N) is 1. The van der Waals surface area contributed by atoms with Gasteiger partial charge in [0.15, 0.2) is 0 Å². The maximum absolute atomic E-state index is 11.3. The topological polar surface area (TPSA) is 66.0 Å². The molecule has 4 heteroatoms. The second-order valence-electron chi connectivity index (χ2n) is 4.46. The number of carboxylic acids is 1. The summed E-state index contributed by atoms with van der Waals surface area (Å²) in [4.78, 5) is 18.9. The third-order valence-corrected chi connectivity index (χ3v) is 2.88. The molecular formula is C16H16N2O2. The van der Waals surface area contributed by atoms with Crippen molar-refractivity contribution in [3.8, 4) is 0 Å². The Morgan fingerprint density at radius 2 is 2.20 bits per heavy atom. The molecule has 20 heavy (non-hydrogen) atoms. The number of imidazole rings is 1. The lowest BCUT2D eigenvalue weighted by atomic mass is 10.1. The van der Waals surface area contributed by atoms with E-state index in [9.17, 15) is 9.90 Å². The van der Waals surface area contributed by atoms with Crippen LogP contribution in [-0.4, -0.2) is 21.0 Å². The molecular weight excluding hydrogens is 252 g/mol. The Bertz CT molecular complexity index is 736. The number of fused-ring (bicyclic) bond motifs is 1. The van der Waals surface area contributed by atoms with E-state index < -0.39 is 5.97 Å². The van der Waals surface area contributed by atoms with Gasteiger partial charge < -0.3 is 10.1 Å². The average Bonchev–Trinajstić information content (AvgIpc) is 2.80. The van der Waals surface area contributed by atoms with Gasteiger partial charge in [0.25, 0.3) is 0 Å². The monoisotopic (exact) mass is 268 g/mol. The summed E-state index contributed by atoms with van der Waals surface area (Å²) in [5.41, 5.74) is 3.13. The van der Waals surface area contributed by atoms with E-state index in [4.69, 9.17) is 0 Å². The lowest BCUT2D eigenvalue weighted by molar-refractivity contribution is 0.0698. The molecule has 0 spiro atoms. The smallest absolute Gasteiger partial charge is 0.337 e. The Hall–Kier alpha value is -2.62. The fourth-order valence-electron chi connectivity index (χ4n) is 2.08. The normalized spacial score (nSPS) is 12.2. The molecule has 0 radical (unpaired) electrons. The number of allylic oxidation sites excluding steroid dienone is 5. The number of H-pyrrole nitrogens is 1. The van der Waals surface area contributed by atoms with Gasteiger partial charge in [0.1, 0.15) is 11.3 Å². The molecule has 1 heterocycles. The molecule has 0 aliphatic heterocycles. The second kappa shape index (κ2) is 5.57. The molecule has 0 aliphatic rings. The first-order valence-corrected chi connectivity index (χ1v) is 6.26. The van der Waals surface area contributed by atoms with Gasteiger partial charge in [0.05, 0.1) is 11.1 Å². The molecule has 2 rings (SSSR count). The van der Waals surface area contributed by atoms with Crippen molar-refractivity contribution in [3.05, 3.63) is 60.0 Å². The largest absolute Gasteiger partial charge is 0.478 e. The fourth-order valence-corrected chi connectivity index (χ4v) is 2.08. The van der Waals surface area contributed by atoms with Crippen molar-refractivity contribution in [2.75, 3.05) is 0 Å². The minimum absolute atomic E-state index is 0.209. The van der Waals surface area contributed by atoms with Crippen LogP contribution in [0, 0.1) is 6.92 Å². The van der Waals surface area contributed by atoms with Crippen LogP contribution < -0.4 is 0 Å². The quantitative estimate of drug-likeness (QED) is 0.830. The first kappa shape index (κ1) is 13.8. The predicted octanol–water partition coefficient (Wildman–Crippen LogP) is 3.72. The predicted molar refractivity (Wildman–Crippen MR) is 80.8 cm³/mol. The molecule has 1 aromatic heterocycles. The van der Waals surface area contributed by atoms with Crippen LogP contribution in [0.15, 0.2) is 43.0 Å². The molecule has 0 bridgehead atoms. The summed E-state index contributed by atoms with van der Waals surface area (Å²) in [5.74, 6) is -0.344. The lowest BCUT2D eigenvalue weighted by Crippen LogP contribution is -1.98. The van der Waals surface area contributed by atoms with E-state index in [0.29, 0.717) is 11.3 Å². The molecule has 4 nitrogen and oxygen atoms in total. The van der Waals surface area contributed by atoms with E-state index in [0.717, 1.165) is 16.7 Å². The summed E-state index contributed by atoms with van der Waals surface area (Å²) >= 11 is 0. The van der Waals surface area contributed by atoms with Gasteiger partial charge in [-0.25, -0.2) is 9.78 Å². The summed E-state index contributed by atoms with van der Waals surface area (Å²) in [7, 11) is 0. The minimum atomic E-state index is -0.975. The summed E-state index contributed by atoms with van der Waals surface area (Å²) in [6.45, 7) is 7.45. The van der Waals surface area contributed by atoms with Crippen LogP contribution in [0.2, 0.25) is 0 Å². The maximum Gasteiger partial charge on any atom is 0.337 e. The molecule has 0 aliphatic carbocycles. The third kappa shape index (κ3) is 2.54. The van der Waals surface area contributed by atoms with Crippen molar-refractivity contribution < 1.29 is 9.90 Å². The number of benzene rings is 1. The number of nitrogens with one attached hydrogen (secondary N) is 1. The first-order chi connectivity index (χ1) is 9.56. The Morgan fingerprint density at radius 1 is 1.45 bits per heavy atom. The lowest BCUT2D eigenvalue weighted by Gasteiger charge is -1.97. The van der Waals surface area contributed by atoms with Gasteiger partial charge in [0, 0.05) is 5.57 Å². The van der Waals surface area contributed by atoms with Gasteiger partial charge in [-0.15, -0.1) is 0 Å². The number of aryl methyl sites for hydroxylation is 1. The molecule has 2 N–H and O–H groups in total. The summed E-state index contributed by atoms with van der Waals surface area (Å²) in [6, 6.07) is 3.52. The number of hydrogen-bond donors (Lipinski definition) is 2. The zero-order chi connectivity index (χ0) is 14.7. The van der Waals surface area contributed by atoms with Crippen molar-refractivity contribution in [2.24, 2.45) is 0 Å². The van der Waals surface area contributed by atoms with Crippen molar-refractivity contribution in [2.45, 2.75) is 13.8 Å². The standard InChI is InChI=1S/C16H16N2O2/c1-4-6-11(7-5-2)15-17-13-9-10(3)8-12(16(19)20)14(13)18-15/h4-9H,1H2,2-3H3,(H,17,18)(H,19,20). The summed E-state index contributed by atoms with van der Waals surface area (Å²) in [5, 5.41) is 9.26. The fraction of sp³-hybridized carbons (Fsp3) is 0.125. The van der Waals surface area contributed by atoms with Crippen molar-refractivity contribution >= 4 is 22.6 Å². The van der Waals surface area contributed by atoms with E-state index in [1.807, 2.05) is 38.1 Å². The number of aromatic nitrogens is 2. The van der Waals surface area contributed by atoms with Crippen LogP contribution in [0.1, 0.15) is 28.7 Å². The Balaban J connectivity index is 2.70. The van der Waals surface area contributed by atoms with Crippen LogP contribution in [0.4, 0.5) is 0 Å². The van der Waals surface area contributed by atoms with E-state index in [1.165, 1.54) is 0 Å². The highest BCUT2D eigenvalue weighted by Crippen LogP contribution is 2.23. The number of hydrogen-bond acceptors (Lipinski definition) is 2. The van der Waals surface area contributed by atoms with Crippen molar-refractivity contribution in [3.63, 3.8) is 0 Å². The van der Waals surface area contributed by atoms with Gasteiger partial charge in [-0.1, -0.05) is 30.9 Å². The van der Waals surface area contributed by atoms with Crippen molar-refractivity contribution in [1.82, 2.24) is 9.97 Å². The van der Waals surface area contributed by atoms with Gasteiger partial charge >= 0.3 is 5.97 Å². The number of carboxylic acid groups (broad SMARTS) is 1. The zero-order valence-corrected chi connectivity index (χ0v) is 11.5. The molecule has 0 amide bonds. The molecule has 2 aromatic rings. The molecule has 0 atom stereocenters. The highest BCUT2D eigenvalue weighted by atomic mass is 16.4. The van der Waals surface area contributed by atoms with Crippen LogP contribution in [0.3, 0.4) is 0 Å². The van der Waals surface area contributed by atoms with Crippen LogP contribution in [0.5, 0.6) is 0 Å². The Morgan fingerprint density at radius 3 is 2.80 bits per heavy atom. The second-order valence-corrected chi connectivity index (χ2v) is 4.46. The van der Waals surface area contributed by atoms with Crippen LogP contribution in [-0.2, 0) is 0 Å².